The molecule has 0 radical (unpaired) electrons. The fourth-order valence-corrected chi connectivity index (χ4v) is 6.92. The Morgan fingerprint density at radius 2 is 1.07 bits per heavy atom. The summed E-state index contributed by atoms with van der Waals surface area (Å²) in [6.07, 6.45) is 0. The summed E-state index contributed by atoms with van der Waals surface area (Å²) in [5, 5.41) is 19.1. The molecule has 43 heavy (non-hydrogen) atoms. The number of benzene rings is 8. The van der Waals surface area contributed by atoms with Crippen molar-refractivity contribution in [3.05, 3.63) is 145 Å². The van der Waals surface area contributed by atoms with Gasteiger partial charge in [0.1, 0.15) is 11.5 Å². The van der Waals surface area contributed by atoms with E-state index in [1.54, 1.807) is 0 Å². The first-order chi connectivity index (χ1) is 21.3. The predicted octanol–water partition coefficient (Wildman–Crippen LogP) is 11.3. The van der Waals surface area contributed by atoms with E-state index in [9.17, 15) is 5.26 Å². The van der Waals surface area contributed by atoms with Crippen LogP contribution in [-0.4, -0.2) is 0 Å². The lowest BCUT2D eigenvalue weighted by molar-refractivity contribution is 0.487. The summed E-state index contributed by atoms with van der Waals surface area (Å²) in [6.45, 7) is 0. The predicted molar refractivity (Wildman–Crippen MR) is 178 cm³/mol. The standard InChI is InChI=1S/C41H23NO/c42-24-25-19-28-11-8-16-34-33-18-17-27(21-39(33)43-40(20-25)41(28)34)36-23-38-31-14-6-4-12-29(31)35(26-9-2-1-3-10-26)22-37(38)32-15-7-5-13-30(32)36/h1-23H. The van der Waals surface area contributed by atoms with Crippen molar-refractivity contribution in [1.29, 1.82) is 5.26 Å². The summed E-state index contributed by atoms with van der Waals surface area (Å²) in [4.78, 5) is 0. The first kappa shape index (κ1) is 23.8. The van der Waals surface area contributed by atoms with Gasteiger partial charge in [0.15, 0.2) is 0 Å². The topological polar surface area (TPSA) is 33.0 Å². The average molecular weight is 546 g/mol. The lowest BCUT2D eigenvalue weighted by atomic mass is 9.87. The third kappa shape index (κ3) is 3.52. The summed E-state index contributed by atoms with van der Waals surface area (Å²) < 4.78 is 6.54. The highest BCUT2D eigenvalue weighted by molar-refractivity contribution is 6.24. The second-order valence-corrected chi connectivity index (χ2v) is 11.2. The van der Waals surface area contributed by atoms with E-state index in [1.807, 2.05) is 18.2 Å². The molecule has 1 heterocycles. The molecule has 1 aliphatic rings. The average Bonchev–Trinajstić information content (AvgIpc) is 3.07. The number of nitrogens with zero attached hydrogens (tertiary/aromatic N) is 1. The van der Waals surface area contributed by atoms with Crippen LogP contribution in [0.2, 0.25) is 0 Å². The van der Waals surface area contributed by atoms with E-state index in [1.165, 1.54) is 49.0 Å². The minimum Gasteiger partial charge on any atom is -0.456 e. The van der Waals surface area contributed by atoms with Crippen LogP contribution in [0.25, 0.3) is 76.5 Å². The van der Waals surface area contributed by atoms with Crippen molar-refractivity contribution in [2.45, 2.75) is 0 Å². The third-order valence-electron chi connectivity index (χ3n) is 8.84. The molecule has 2 nitrogen and oxygen atoms in total. The van der Waals surface area contributed by atoms with Crippen LogP contribution in [0.5, 0.6) is 11.5 Å². The third-order valence-corrected chi connectivity index (χ3v) is 8.84. The Morgan fingerprint density at radius 3 is 1.77 bits per heavy atom. The molecule has 8 aromatic rings. The minimum absolute atomic E-state index is 0.599. The second-order valence-electron chi connectivity index (χ2n) is 11.2. The molecule has 0 saturated heterocycles. The van der Waals surface area contributed by atoms with Gasteiger partial charge in [-0.2, -0.15) is 5.26 Å². The Balaban J connectivity index is 1.31. The highest BCUT2D eigenvalue weighted by Crippen LogP contribution is 2.49. The largest absolute Gasteiger partial charge is 0.456 e. The molecule has 0 amide bonds. The number of ether oxygens (including phenoxy) is 1. The van der Waals surface area contributed by atoms with Crippen LogP contribution in [-0.2, 0) is 0 Å². The van der Waals surface area contributed by atoms with E-state index in [4.69, 9.17) is 4.74 Å². The molecule has 0 aromatic heterocycles. The van der Waals surface area contributed by atoms with Gasteiger partial charge in [0.2, 0.25) is 0 Å². The van der Waals surface area contributed by atoms with E-state index in [0.29, 0.717) is 5.56 Å². The van der Waals surface area contributed by atoms with Gasteiger partial charge in [-0.3, -0.25) is 0 Å². The highest BCUT2D eigenvalue weighted by atomic mass is 16.5. The van der Waals surface area contributed by atoms with Gasteiger partial charge >= 0.3 is 0 Å². The van der Waals surface area contributed by atoms with E-state index < -0.39 is 0 Å². The maximum atomic E-state index is 9.63. The van der Waals surface area contributed by atoms with Crippen LogP contribution >= 0.6 is 0 Å². The molecule has 0 aliphatic carbocycles. The van der Waals surface area contributed by atoms with Crippen molar-refractivity contribution in [2.24, 2.45) is 0 Å². The van der Waals surface area contributed by atoms with Crippen molar-refractivity contribution in [2.75, 3.05) is 0 Å². The molecule has 0 atom stereocenters. The summed E-state index contributed by atoms with van der Waals surface area (Å²) in [5.74, 6) is 1.54. The Bertz CT molecular complexity index is 2480. The summed E-state index contributed by atoms with van der Waals surface area (Å²) >= 11 is 0. The SMILES string of the molecule is N#Cc1cc2c3c(cccc3c1)-c1ccc(-c3cc4c5ccccc5c(-c5ccccc5)cc4c4ccccc34)cc1O2. The van der Waals surface area contributed by atoms with Gasteiger partial charge in [-0.1, -0.05) is 103 Å². The number of nitriles is 1. The zero-order chi connectivity index (χ0) is 28.5. The Labute approximate surface area is 248 Å². The van der Waals surface area contributed by atoms with Gasteiger partial charge < -0.3 is 4.74 Å². The van der Waals surface area contributed by atoms with E-state index in [0.717, 1.165) is 39.0 Å². The Morgan fingerprint density at radius 1 is 0.419 bits per heavy atom. The molecule has 0 unspecified atom stereocenters. The molecule has 0 N–H and O–H groups in total. The normalized spacial score (nSPS) is 11.9. The maximum Gasteiger partial charge on any atom is 0.137 e. The van der Waals surface area contributed by atoms with Gasteiger partial charge in [0, 0.05) is 10.9 Å². The molecule has 0 spiro atoms. The van der Waals surface area contributed by atoms with Crippen LogP contribution in [0, 0.1) is 11.3 Å². The van der Waals surface area contributed by atoms with E-state index in [2.05, 4.69) is 127 Å². The van der Waals surface area contributed by atoms with Crippen molar-refractivity contribution in [1.82, 2.24) is 0 Å². The zero-order valence-electron chi connectivity index (χ0n) is 23.1. The summed E-state index contributed by atoms with van der Waals surface area (Å²) in [5.41, 5.74) is 7.52. The Hall–Kier alpha value is -5.91. The van der Waals surface area contributed by atoms with Gasteiger partial charge in [-0.15, -0.1) is 0 Å². The van der Waals surface area contributed by atoms with Gasteiger partial charge in [0.05, 0.1) is 11.6 Å². The van der Waals surface area contributed by atoms with E-state index >= 15 is 0 Å². The van der Waals surface area contributed by atoms with Crippen LogP contribution < -0.4 is 4.74 Å². The smallest absolute Gasteiger partial charge is 0.137 e. The minimum atomic E-state index is 0.599. The molecule has 0 saturated carbocycles. The molecular formula is C41H23NO. The van der Waals surface area contributed by atoms with Crippen molar-refractivity contribution in [3.63, 3.8) is 0 Å². The molecule has 9 rings (SSSR count). The number of fused-ring (bicyclic) bond motifs is 7. The summed E-state index contributed by atoms with van der Waals surface area (Å²) in [7, 11) is 0. The second kappa shape index (κ2) is 9.05. The first-order valence-electron chi connectivity index (χ1n) is 14.5. The number of hydrogen-bond acceptors (Lipinski definition) is 2. The molecule has 198 valence electrons. The van der Waals surface area contributed by atoms with Gasteiger partial charge in [0.25, 0.3) is 0 Å². The van der Waals surface area contributed by atoms with Crippen LogP contribution in [0.1, 0.15) is 5.56 Å². The monoisotopic (exact) mass is 545 g/mol. The molecule has 8 aromatic carbocycles. The molecule has 0 fully saturated rings. The molecule has 2 heteroatoms. The lowest BCUT2D eigenvalue weighted by Crippen LogP contribution is -1.98. The molecule has 1 aliphatic heterocycles. The van der Waals surface area contributed by atoms with Crippen molar-refractivity contribution >= 4 is 43.1 Å². The van der Waals surface area contributed by atoms with Crippen molar-refractivity contribution < 1.29 is 4.74 Å². The van der Waals surface area contributed by atoms with Crippen LogP contribution in [0.4, 0.5) is 0 Å². The summed E-state index contributed by atoms with van der Waals surface area (Å²) in [6, 6.07) is 51.6. The fraction of sp³-hybridized carbons (Fsp3) is 0. The van der Waals surface area contributed by atoms with Crippen LogP contribution in [0.15, 0.2) is 140 Å². The molecular weight excluding hydrogens is 522 g/mol. The van der Waals surface area contributed by atoms with Gasteiger partial charge in [-0.25, -0.2) is 0 Å². The number of hydrogen-bond donors (Lipinski definition) is 0. The number of rotatable bonds is 2. The van der Waals surface area contributed by atoms with Crippen molar-refractivity contribution in [3.8, 4) is 50.9 Å². The lowest BCUT2D eigenvalue weighted by Gasteiger charge is -2.22. The first-order valence-corrected chi connectivity index (χ1v) is 14.5. The Kier molecular flexibility index (Phi) is 5.00. The quantitative estimate of drug-likeness (QED) is 0.202. The zero-order valence-corrected chi connectivity index (χ0v) is 23.1. The maximum absolute atomic E-state index is 9.63. The van der Waals surface area contributed by atoms with Crippen LogP contribution in [0.3, 0.4) is 0 Å². The fourth-order valence-electron chi connectivity index (χ4n) is 6.92. The highest BCUT2D eigenvalue weighted by Gasteiger charge is 2.22. The molecule has 0 bridgehead atoms. The van der Waals surface area contributed by atoms with E-state index in [-0.39, 0.29) is 0 Å². The van der Waals surface area contributed by atoms with Gasteiger partial charge in [-0.05, 0) is 102 Å².